The van der Waals surface area contributed by atoms with E-state index in [-0.39, 0.29) is 11.8 Å². The van der Waals surface area contributed by atoms with Gasteiger partial charge in [-0.25, -0.2) is 0 Å². The van der Waals surface area contributed by atoms with E-state index in [0.29, 0.717) is 6.04 Å². The maximum Gasteiger partial charge on any atom is 0.303 e. The average molecular weight is 228 g/mol. The fourth-order valence-electron chi connectivity index (χ4n) is 2.75. The van der Waals surface area contributed by atoms with Crippen LogP contribution in [0.15, 0.2) is 0 Å². The van der Waals surface area contributed by atoms with Crippen LogP contribution in [0.2, 0.25) is 0 Å². The first-order chi connectivity index (χ1) is 7.30. The molecule has 0 aromatic rings. The SMILES string of the molecule is CN1CC(CCC(=O)O)N(C)CC(C)(C)C1. The molecular weight excluding hydrogens is 204 g/mol. The van der Waals surface area contributed by atoms with E-state index in [2.05, 4.69) is 37.7 Å². The summed E-state index contributed by atoms with van der Waals surface area (Å²) < 4.78 is 0. The molecule has 0 aliphatic carbocycles. The summed E-state index contributed by atoms with van der Waals surface area (Å²) in [7, 11) is 4.22. The number of rotatable bonds is 3. The first kappa shape index (κ1) is 13.5. The summed E-state index contributed by atoms with van der Waals surface area (Å²) in [5.41, 5.74) is 0.279. The highest BCUT2D eigenvalue weighted by Gasteiger charge is 2.30. The molecule has 1 saturated heterocycles. The molecule has 0 aromatic heterocycles. The highest BCUT2D eigenvalue weighted by atomic mass is 16.4. The van der Waals surface area contributed by atoms with Gasteiger partial charge in [0.1, 0.15) is 0 Å². The standard InChI is InChI=1S/C12H24N2O2/c1-12(2)8-13(3)7-10(14(4)9-12)5-6-11(15)16/h10H,5-9H2,1-4H3,(H,15,16). The first-order valence-corrected chi connectivity index (χ1v) is 5.91. The minimum Gasteiger partial charge on any atom is -0.481 e. The molecule has 0 amide bonds. The molecule has 0 bridgehead atoms. The molecule has 4 nitrogen and oxygen atoms in total. The van der Waals surface area contributed by atoms with Crippen LogP contribution in [0.3, 0.4) is 0 Å². The van der Waals surface area contributed by atoms with Crippen LogP contribution in [0, 0.1) is 5.41 Å². The lowest BCUT2D eigenvalue weighted by Gasteiger charge is -2.30. The van der Waals surface area contributed by atoms with Gasteiger partial charge in [0.05, 0.1) is 0 Å². The number of aliphatic carboxylic acids is 1. The maximum absolute atomic E-state index is 10.6. The predicted molar refractivity (Wildman–Crippen MR) is 64.6 cm³/mol. The zero-order chi connectivity index (χ0) is 12.3. The van der Waals surface area contributed by atoms with Crippen molar-refractivity contribution >= 4 is 5.97 Å². The topological polar surface area (TPSA) is 43.8 Å². The van der Waals surface area contributed by atoms with Crippen molar-refractivity contribution in [2.45, 2.75) is 32.7 Å². The first-order valence-electron chi connectivity index (χ1n) is 5.91. The lowest BCUT2D eigenvalue weighted by molar-refractivity contribution is -0.137. The molecule has 1 aliphatic heterocycles. The molecule has 1 heterocycles. The molecule has 0 radical (unpaired) electrons. The van der Waals surface area contributed by atoms with Crippen molar-refractivity contribution in [1.82, 2.24) is 9.80 Å². The van der Waals surface area contributed by atoms with Gasteiger partial charge in [-0.1, -0.05) is 13.8 Å². The van der Waals surface area contributed by atoms with E-state index in [1.165, 1.54) is 0 Å². The Hall–Kier alpha value is -0.610. The highest BCUT2D eigenvalue weighted by Crippen LogP contribution is 2.24. The molecule has 16 heavy (non-hydrogen) atoms. The number of hydrogen-bond donors (Lipinski definition) is 1. The van der Waals surface area contributed by atoms with Gasteiger partial charge in [0.2, 0.25) is 0 Å². The monoisotopic (exact) mass is 228 g/mol. The van der Waals surface area contributed by atoms with Crippen molar-refractivity contribution in [3.05, 3.63) is 0 Å². The smallest absolute Gasteiger partial charge is 0.303 e. The van der Waals surface area contributed by atoms with E-state index in [9.17, 15) is 4.79 Å². The summed E-state index contributed by atoms with van der Waals surface area (Å²) in [4.78, 5) is 15.2. The number of carboxylic acid groups (broad SMARTS) is 1. The zero-order valence-electron chi connectivity index (χ0n) is 10.9. The predicted octanol–water partition coefficient (Wildman–Crippen LogP) is 1.12. The normalized spacial score (nSPS) is 27.6. The van der Waals surface area contributed by atoms with Crippen molar-refractivity contribution in [2.24, 2.45) is 5.41 Å². The van der Waals surface area contributed by atoms with Crippen LogP contribution < -0.4 is 0 Å². The van der Waals surface area contributed by atoms with Crippen molar-refractivity contribution in [3.8, 4) is 0 Å². The number of likely N-dealkylation sites (N-methyl/N-ethyl adjacent to an activating group) is 2. The Morgan fingerprint density at radius 2 is 2.00 bits per heavy atom. The third-order valence-corrected chi connectivity index (χ3v) is 3.21. The van der Waals surface area contributed by atoms with Gasteiger partial charge in [-0.3, -0.25) is 4.79 Å². The minimum atomic E-state index is -0.695. The van der Waals surface area contributed by atoms with Gasteiger partial charge in [0, 0.05) is 32.1 Å². The van der Waals surface area contributed by atoms with Crippen molar-refractivity contribution in [1.29, 1.82) is 0 Å². The molecule has 1 rings (SSSR count). The largest absolute Gasteiger partial charge is 0.481 e. The van der Waals surface area contributed by atoms with Crippen molar-refractivity contribution in [3.63, 3.8) is 0 Å². The van der Waals surface area contributed by atoms with Gasteiger partial charge in [0.25, 0.3) is 0 Å². The van der Waals surface area contributed by atoms with Gasteiger partial charge >= 0.3 is 5.97 Å². The van der Waals surface area contributed by atoms with Crippen LogP contribution in [0.1, 0.15) is 26.7 Å². The third-order valence-electron chi connectivity index (χ3n) is 3.21. The van der Waals surface area contributed by atoms with Crippen LogP contribution in [0.25, 0.3) is 0 Å². The average Bonchev–Trinajstić information content (AvgIpc) is 2.17. The molecule has 1 N–H and O–H groups in total. The summed E-state index contributed by atoms with van der Waals surface area (Å²) in [6, 6.07) is 0.364. The van der Waals surface area contributed by atoms with E-state index >= 15 is 0 Å². The minimum absolute atomic E-state index is 0.267. The molecule has 1 fully saturated rings. The number of nitrogens with zero attached hydrogens (tertiary/aromatic N) is 2. The van der Waals surface area contributed by atoms with E-state index < -0.39 is 5.97 Å². The van der Waals surface area contributed by atoms with Gasteiger partial charge in [-0.2, -0.15) is 0 Å². The van der Waals surface area contributed by atoms with Gasteiger partial charge in [-0.05, 0) is 25.9 Å². The van der Waals surface area contributed by atoms with E-state index in [4.69, 9.17) is 5.11 Å². The summed E-state index contributed by atoms with van der Waals surface area (Å²) in [6.07, 6.45) is 1.01. The second-order valence-corrected chi connectivity index (χ2v) is 5.86. The van der Waals surface area contributed by atoms with Gasteiger partial charge < -0.3 is 14.9 Å². The molecule has 1 atom stereocenters. The molecular formula is C12H24N2O2. The van der Waals surface area contributed by atoms with Crippen LogP contribution in [0.4, 0.5) is 0 Å². The summed E-state index contributed by atoms with van der Waals surface area (Å²) >= 11 is 0. The Kier molecular flexibility index (Phi) is 4.33. The quantitative estimate of drug-likeness (QED) is 0.786. The summed E-state index contributed by atoms with van der Waals surface area (Å²) in [5, 5.41) is 8.74. The molecule has 0 aromatic carbocycles. The third kappa shape index (κ3) is 4.10. The summed E-state index contributed by atoms with van der Waals surface area (Å²) in [6.45, 7) is 7.59. The summed E-state index contributed by atoms with van der Waals surface area (Å²) in [5.74, 6) is -0.695. The molecule has 1 unspecified atom stereocenters. The Labute approximate surface area is 98.2 Å². The second kappa shape index (κ2) is 5.15. The lowest BCUT2D eigenvalue weighted by Crippen LogP contribution is -2.38. The van der Waals surface area contributed by atoms with Gasteiger partial charge in [0.15, 0.2) is 0 Å². The van der Waals surface area contributed by atoms with E-state index in [1.807, 2.05) is 0 Å². The van der Waals surface area contributed by atoms with E-state index in [1.54, 1.807) is 0 Å². The Morgan fingerprint density at radius 1 is 1.38 bits per heavy atom. The number of hydrogen-bond acceptors (Lipinski definition) is 3. The van der Waals surface area contributed by atoms with Crippen LogP contribution in [-0.2, 0) is 4.79 Å². The molecule has 0 saturated carbocycles. The van der Waals surface area contributed by atoms with Crippen molar-refractivity contribution < 1.29 is 9.90 Å². The Balaban J connectivity index is 2.60. The zero-order valence-corrected chi connectivity index (χ0v) is 10.9. The molecule has 94 valence electrons. The fourth-order valence-corrected chi connectivity index (χ4v) is 2.75. The Bertz CT molecular complexity index is 253. The maximum atomic E-state index is 10.6. The van der Waals surface area contributed by atoms with Gasteiger partial charge in [-0.15, -0.1) is 0 Å². The lowest BCUT2D eigenvalue weighted by atomic mass is 9.93. The molecule has 4 heteroatoms. The van der Waals surface area contributed by atoms with Crippen LogP contribution >= 0.6 is 0 Å². The van der Waals surface area contributed by atoms with Crippen molar-refractivity contribution in [2.75, 3.05) is 33.7 Å². The second-order valence-electron chi connectivity index (χ2n) is 5.86. The molecule has 1 aliphatic rings. The van der Waals surface area contributed by atoms with Crippen LogP contribution in [-0.4, -0.2) is 60.6 Å². The highest BCUT2D eigenvalue weighted by molar-refractivity contribution is 5.66. The molecule has 0 spiro atoms. The Morgan fingerprint density at radius 3 is 2.56 bits per heavy atom. The fraction of sp³-hybridized carbons (Fsp3) is 0.917. The number of carbonyl (C=O) groups is 1. The number of carboxylic acids is 1. The van der Waals surface area contributed by atoms with E-state index in [0.717, 1.165) is 26.1 Å². The van der Waals surface area contributed by atoms with Crippen LogP contribution in [0.5, 0.6) is 0 Å².